The number of amides is 3. The zero-order valence-corrected chi connectivity index (χ0v) is 59.2. The van der Waals surface area contributed by atoms with E-state index in [1.165, 1.54) is 0 Å². The van der Waals surface area contributed by atoms with Gasteiger partial charge in [-0.3, -0.25) is 25.2 Å². The van der Waals surface area contributed by atoms with Gasteiger partial charge in [0.2, 0.25) is 5.91 Å². The lowest BCUT2D eigenvalue weighted by molar-refractivity contribution is -0.117. The van der Waals surface area contributed by atoms with E-state index >= 15 is 0 Å². The summed E-state index contributed by atoms with van der Waals surface area (Å²) in [6.07, 6.45) is 14.0. The number of rotatable bonds is 23. The molecule has 2 aliphatic heterocycles. The topological polar surface area (TPSA) is 215 Å². The lowest BCUT2D eigenvalue weighted by Crippen LogP contribution is -2.33. The summed E-state index contributed by atoms with van der Waals surface area (Å²) in [5, 5.41) is 17.2. The largest absolute Gasteiger partial charge is 0.449 e. The summed E-state index contributed by atoms with van der Waals surface area (Å²) in [7, 11) is 0. The molecule has 0 radical (unpaired) electrons. The maximum absolute atomic E-state index is 13.1. The Morgan fingerprint density at radius 3 is 1.61 bits per heavy atom. The predicted octanol–water partition coefficient (Wildman–Crippen LogP) is 18.0. The summed E-state index contributed by atoms with van der Waals surface area (Å²) in [4.78, 5) is 70.8. The minimum Gasteiger partial charge on any atom is -0.449 e. The molecule has 23 heteroatoms. The van der Waals surface area contributed by atoms with Crippen molar-refractivity contribution in [2.24, 2.45) is 33.8 Å². The summed E-state index contributed by atoms with van der Waals surface area (Å²) in [5.41, 5.74) is 10.5. The predicted molar refractivity (Wildman–Crippen MR) is 403 cm³/mol. The number of amidine groups is 1. The lowest BCUT2D eigenvalue weighted by Gasteiger charge is -2.29. The van der Waals surface area contributed by atoms with Crippen LogP contribution in [-0.2, 0) is 14.3 Å². The van der Waals surface area contributed by atoms with Gasteiger partial charge in [-0.25, -0.2) is 34.3 Å². The van der Waals surface area contributed by atoms with Crippen molar-refractivity contribution in [1.82, 2.24) is 35.9 Å². The Morgan fingerprint density at radius 2 is 1.12 bits per heavy atom. The van der Waals surface area contributed by atoms with Crippen molar-refractivity contribution in [3.63, 3.8) is 0 Å². The van der Waals surface area contributed by atoms with Gasteiger partial charge in [0.15, 0.2) is 10.3 Å². The molecule has 3 amide bonds. The van der Waals surface area contributed by atoms with Crippen LogP contribution in [0, 0.1) is 23.7 Å². The molecule has 2 aliphatic carbocycles. The number of carbonyl (C=O) groups excluding carboxylic acids is 3. The number of para-hydroxylation sites is 2. The molecule has 2 saturated carbocycles. The van der Waals surface area contributed by atoms with E-state index in [0.717, 1.165) is 168 Å². The highest BCUT2D eigenvalue weighted by Gasteiger charge is 2.28. The number of aromatic nitrogens is 5. The van der Waals surface area contributed by atoms with Crippen molar-refractivity contribution < 1.29 is 23.9 Å². The fraction of sp³-hybridized carbons (Fsp3) is 0.347. The molecule has 8 aromatic rings. The van der Waals surface area contributed by atoms with Crippen molar-refractivity contribution >= 4 is 115 Å². The number of hydrogen-bond donors (Lipinski definition) is 4. The third-order valence-electron chi connectivity index (χ3n) is 17.2. The third-order valence-corrected chi connectivity index (χ3v) is 20.8. The van der Waals surface area contributed by atoms with Crippen LogP contribution < -0.4 is 31.1 Å². The van der Waals surface area contributed by atoms with Crippen LogP contribution in [0.1, 0.15) is 90.9 Å². The Hall–Kier alpha value is -8.34. The number of allylic oxidation sites excluding steroid dienone is 1. The van der Waals surface area contributed by atoms with Crippen LogP contribution in [0.25, 0.3) is 22.5 Å². The van der Waals surface area contributed by atoms with Gasteiger partial charge < -0.3 is 19.7 Å². The summed E-state index contributed by atoms with van der Waals surface area (Å²) in [6.45, 7) is 10.3. The van der Waals surface area contributed by atoms with E-state index in [1.54, 1.807) is 57.6 Å². The second-order valence-electron chi connectivity index (χ2n) is 24.7. The van der Waals surface area contributed by atoms with Gasteiger partial charge in [0.05, 0.1) is 58.6 Å². The minimum atomic E-state index is -0.380. The Balaban J connectivity index is 0.000000159. The molecule has 0 atom stereocenters. The highest BCUT2D eigenvalue weighted by molar-refractivity contribution is 8.14. The standard InChI is InChI=1S/C26H29N5OS.C25H28ClN3O2S.C24H27ClN4O3S/c1-19(2)31(15-9-10-16-33-26-28-18-23(32)30-26)22-17-27-24(20-11-5-3-6-12-20)25(29-22)21-13-7-4-8-14-21;1-18-15-24(28-27-18)32-17-20-9-7-19(8-10-20)16-31-25(30)29(22-5-3-2-4-6-22)23-13-11-21(26)12-14-23;25-19-10-12-21(13-11-19)29(20-4-2-1-3-5-20)24(31)32-16-18-8-6-17(7-9-18)14-15-33-23-26-22(30)27-28-23/h3-8,11-14,17,19H,9-10,15-16,18H2,1-2H3,(H,28,30,32);2-6,11-14,19-20,27H,1,7-10,15-17H2;1-5,10-13,17-18H,6-9,14-16H2,(H2,26,27,28,30). The minimum absolute atomic E-state index is 0.0183. The first-order chi connectivity index (χ1) is 47.8. The SMILES string of the molecule is C=C1CC(SCC2CCC(COC(=O)N(c3ccccc3)c3ccc(Cl)cc3)CC2)=NN1.CC(C)N(CCCCSC1=NCC(=O)N1)c1cnc(-c2ccccc2)c(-c2ccccc2)n1.O=C(OCC1CCC(CCSc2n[nH]c(=O)[nH]2)CC1)N(c1ccccc1)c1ccc(Cl)cc1. The highest BCUT2D eigenvalue weighted by atomic mass is 35.5. The van der Waals surface area contributed by atoms with Gasteiger partial charge in [-0.1, -0.05) is 163 Å². The van der Waals surface area contributed by atoms with Crippen LogP contribution in [0.4, 0.5) is 38.2 Å². The first kappa shape index (κ1) is 72.4. The van der Waals surface area contributed by atoms with Gasteiger partial charge >= 0.3 is 17.9 Å². The van der Waals surface area contributed by atoms with Crippen molar-refractivity contribution in [2.45, 2.75) is 102 Å². The van der Waals surface area contributed by atoms with Crippen LogP contribution >= 0.6 is 58.5 Å². The number of aromatic amines is 2. The van der Waals surface area contributed by atoms with Gasteiger partial charge in [-0.05, 0) is 168 Å². The van der Waals surface area contributed by atoms with Crippen LogP contribution in [0.15, 0.2) is 208 Å². The van der Waals surface area contributed by atoms with Gasteiger partial charge in [-0.15, -0.1) is 16.9 Å². The number of thioether (sulfide) groups is 3. The second-order valence-corrected chi connectivity index (χ2v) is 28.9. The molecule has 18 nitrogen and oxygen atoms in total. The van der Waals surface area contributed by atoms with Crippen LogP contribution in [-0.4, -0.2) is 103 Å². The maximum atomic E-state index is 13.1. The van der Waals surface area contributed by atoms with Crippen molar-refractivity contribution in [2.75, 3.05) is 58.3 Å². The molecular weight excluding hydrogens is 1330 g/mol. The number of H-pyrrole nitrogens is 2. The molecular formula is C75H84Cl2N12O6S3. The number of ether oxygens (including phenoxy) is 2. The molecule has 512 valence electrons. The summed E-state index contributed by atoms with van der Waals surface area (Å²) in [6, 6.07) is 54.2. The van der Waals surface area contributed by atoms with Crippen LogP contribution in [0.3, 0.4) is 0 Å². The number of hydrogen-bond acceptors (Lipinski definition) is 16. The van der Waals surface area contributed by atoms with Gasteiger partial charge in [0, 0.05) is 63.1 Å². The second kappa shape index (κ2) is 37.6. The molecule has 6 aromatic carbocycles. The monoisotopic (exact) mass is 1410 g/mol. The number of aliphatic imine (C=N–C) groups is 1. The Bertz CT molecular complexity index is 3950. The quantitative estimate of drug-likeness (QED) is 0.0346. The summed E-state index contributed by atoms with van der Waals surface area (Å²) in [5.74, 6) is 5.97. The molecule has 12 rings (SSSR count). The number of hydrazone groups is 1. The Morgan fingerprint density at radius 1 is 0.612 bits per heavy atom. The number of nitrogens with one attached hydrogen (secondary N) is 4. The summed E-state index contributed by atoms with van der Waals surface area (Å²) < 4.78 is 11.5. The van der Waals surface area contributed by atoms with E-state index in [-0.39, 0.29) is 30.3 Å². The number of unbranched alkanes of at least 4 members (excludes halogenated alkanes) is 1. The molecule has 98 heavy (non-hydrogen) atoms. The number of anilines is 5. The first-order valence-electron chi connectivity index (χ1n) is 33.5. The van der Waals surface area contributed by atoms with Crippen molar-refractivity contribution in [3.8, 4) is 22.5 Å². The number of carbonyl (C=O) groups is 3. The van der Waals surface area contributed by atoms with Crippen molar-refractivity contribution in [3.05, 3.63) is 209 Å². The molecule has 4 N–H and O–H groups in total. The number of nitrogens with zero attached hydrogens (tertiary/aromatic N) is 8. The van der Waals surface area contributed by atoms with E-state index in [2.05, 4.69) is 85.6 Å². The fourth-order valence-electron chi connectivity index (χ4n) is 11.9. The van der Waals surface area contributed by atoms with Crippen LogP contribution in [0.2, 0.25) is 10.0 Å². The number of halogens is 2. The highest BCUT2D eigenvalue weighted by Crippen LogP contribution is 2.37. The Kier molecular flexibility index (Phi) is 27.8. The smallest absolute Gasteiger partial charge is 0.418 e. The average molecular weight is 1420 g/mol. The normalized spacial score (nSPS) is 17.2. The molecule has 4 heterocycles. The van der Waals surface area contributed by atoms with Gasteiger partial charge in [0.1, 0.15) is 12.4 Å². The van der Waals surface area contributed by atoms with E-state index in [4.69, 9.17) is 42.6 Å². The zero-order chi connectivity index (χ0) is 68.4. The first-order valence-corrected chi connectivity index (χ1v) is 37.2. The van der Waals surface area contributed by atoms with Gasteiger partial charge in [0.25, 0.3) is 0 Å². The molecule has 2 aromatic heterocycles. The third kappa shape index (κ3) is 22.1. The van der Waals surface area contributed by atoms with E-state index in [0.29, 0.717) is 58.1 Å². The Labute approximate surface area is 596 Å². The molecule has 0 bridgehead atoms. The number of benzene rings is 6. The molecule has 0 spiro atoms. The van der Waals surface area contributed by atoms with E-state index < -0.39 is 0 Å². The molecule has 0 saturated heterocycles. The zero-order valence-electron chi connectivity index (χ0n) is 55.3. The summed E-state index contributed by atoms with van der Waals surface area (Å²) >= 11 is 17.1. The van der Waals surface area contributed by atoms with Crippen LogP contribution in [0.5, 0.6) is 0 Å². The fourth-order valence-corrected chi connectivity index (χ4v) is 15.1. The molecule has 2 fully saturated rings. The van der Waals surface area contributed by atoms with E-state index in [9.17, 15) is 19.2 Å². The maximum Gasteiger partial charge on any atom is 0.418 e. The molecule has 0 unspecified atom stereocenters. The lowest BCUT2D eigenvalue weighted by atomic mass is 9.81. The van der Waals surface area contributed by atoms with E-state index in [1.807, 2.05) is 139 Å². The van der Waals surface area contributed by atoms with Crippen molar-refractivity contribution in [1.29, 1.82) is 0 Å². The molecule has 4 aliphatic rings. The van der Waals surface area contributed by atoms with Gasteiger partial charge in [-0.2, -0.15) is 5.10 Å². The average Bonchev–Trinajstić information content (AvgIpc) is 1.04.